The number of hydrogen-bond donors (Lipinski definition) is 1. The van der Waals surface area contributed by atoms with E-state index in [0.717, 1.165) is 5.92 Å². The number of hydrogen-bond acceptors (Lipinski definition) is 4. The molecule has 0 aliphatic heterocycles. The highest BCUT2D eigenvalue weighted by Gasteiger charge is 2.24. The van der Waals surface area contributed by atoms with E-state index < -0.39 is 0 Å². The molecule has 1 aromatic heterocycles. The van der Waals surface area contributed by atoms with Crippen molar-refractivity contribution in [2.45, 2.75) is 38.6 Å². The molecular weight excluding hydrogens is 214 g/mol. The molecule has 0 amide bonds. The molecule has 0 saturated heterocycles. The van der Waals surface area contributed by atoms with E-state index in [4.69, 9.17) is 16.0 Å². The van der Waals surface area contributed by atoms with Crippen LogP contribution in [0.2, 0.25) is 0 Å². The first-order chi connectivity index (χ1) is 7.28. The number of anilines is 1. The standard InChI is InChI=1S/C10H16ClN3O/c1-7(6-8-2-3-8)12-10-14-13-9(15-10)4-5-11/h7-8H,2-6H2,1H3,(H,12,14). The first kappa shape index (κ1) is 10.7. The van der Waals surface area contributed by atoms with E-state index in [9.17, 15) is 0 Å². The summed E-state index contributed by atoms with van der Waals surface area (Å²) >= 11 is 5.58. The van der Waals surface area contributed by atoms with E-state index in [1.165, 1.54) is 19.3 Å². The molecule has 1 saturated carbocycles. The zero-order valence-electron chi connectivity index (χ0n) is 8.87. The molecule has 0 aromatic carbocycles. The summed E-state index contributed by atoms with van der Waals surface area (Å²) in [5.41, 5.74) is 0. The van der Waals surface area contributed by atoms with Crippen LogP contribution >= 0.6 is 11.6 Å². The van der Waals surface area contributed by atoms with Crippen LogP contribution in [0.4, 0.5) is 6.01 Å². The minimum absolute atomic E-state index is 0.404. The molecule has 0 radical (unpaired) electrons. The predicted octanol–water partition coefficient (Wildman–Crippen LogP) is 2.45. The van der Waals surface area contributed by atoms with Gasteiger partial charge in [0.15, 0.2) is 0 Å². The van der Waals surface area contributed by atoms with Gasteiger partial charge in [-0.3, -0.25) is 0 Å². The van der Waals surface area contributed by atoms with Crippen molar-refractivity contribution >= 4 is 17.6 Å². The fraction of sp³-hybridized carbons (Fsp3) is 0.800. The lowest BCUT2D eigenvalue weighted by Gasteiger charge is -2.09. The molecule has 5 heteroatoms. The number of nitrogens with zero attached hydrogens (tertiary/aromatic N) is 2. The van der Waals surface area contributed by atoms with Gasteiger partial charge in [0.1, 0.15) is 0 Å². The normalized spacial score (nSPS) is 17.7. The van der Waals surface area contributed by atoms with E-state index >= 15 is 0 Å². The van der Waals surface area contributed by atoms with E-state index in [0.29, 0.717) is 30.2 Å². The third kappa shape index (κ3) is 3.38. The zero-order valence-corrected chi connectivity index (χ0v) is 9.63. The Morgan fingerprint density at radius 1 is 1.53 bits per heavy atom. The molecule has 1 fully saturated rings. The molecule has 0 bridgehead atoms. The SMILES string of the molecule is CC(CC1CC1)Nc1nnc(CCCl)o1. The second-order valence-corrected chi connectivity index (χ2v) is 4.54. The van der Waals surface area contributed by atoms with Crippen molar-refractivity contribution < 1.29 is 4.42 Å². The van der Waals surface area contributed by atoms with Crippen LogP contribution in [0.25, 0.3) is 0 Å². The zero-order chi connectivity index (χ0) is 10.7. The minimum Gasteiger partial charge on any atom is -0.408 e. The highest BCUT2D eigenvalue weighted by Crippen LogP contribution is 2.33. The largest absolute Gasteiger partial charge is 0.408 e. The van der Waals surface area contributed by atoms with Gasteiger partial charge in [-0.05, 0) is 19.3 Å². The number of halogens is 1. The summed E-state index contributed by atoms with van der Waals surface area (Å²) in [6, 6.07) is 0.921. The van der Waals surface area contributed by atoms with Crippen molar-refractivity contribution in [2.75, 3.05) is 11.2 Å². The van der Waals surface area contributed by atoms with Gasteiger partial charge in [0.05, 0.1) is 0 Å². The van der Waals surface area contributed by atoms with E-state index in [2.05, 4.69) is 22.4 Å². The third-order valence-corrected chi connectivity index (χ3v) is 2.72. The number of rotatable bonds is 6. The summed E-state index contributed by atoms with van der Waals surface area (Å²) in [4.78, 5) is 0. The Morgan fingerprint density at radius 3 is 3.00 bits per heavy atom. The number of aryl methyl sites for hydroxylation is 1. The topological polar surface area (TPSA) is 51.0 Å². The van der Waals surface area contributed by atoms with E-state index in [1.54, 1.807) is 0 Å². The maximum atomic E-state index is 5.58. The van der Waals surface area contributed by atoms with Gasteiger partial charge in [0, 0.05) is 18.3 Å². The highest BCUT2D eigenvalue weighted by molar-refractivity contribution is 6.17. The lowest BCUT2D eigenvalue weighted by molar-refractivity contribution is 0.501. The second kappa shape index (κ2) is 4.84. The molecule has 1 aromatic rings. The van der Waals surface area contributed by atoms with Crippen molar-refractivity contribution in [3.8, 4) is 0 Å². The van der Waals surface area contributed by atoms with Crippen molar-refractivity contribution in [1.29, 1.82) is 0 Å². The van der Waals surface area contributed by atoms with Crippen LogP contribution < -0.4 is 5.32 Å². The Morgan fingerprint density at radius 2 is 2.33 bits per heavy atom. The minimum atomic E-state index is 0.404. The molecule has 1 heterocycles. The van der Waals surface area contributed by atoms with E-state index in [1.807, 2.05) is 0 Å². The lowest BCUT2D eigenvalue weighted by Crippen LogP contribution is -2.15. The van der Waals surface area contributed by atoms with Crippen LogP contribution in [0, 0.1) is 5.92 Å². The lowest BCUT2D eigenvalue weighted by atomic mass is 10.2. The molecule has 1 N–H and O–H groups in total. The van der Waals surface area contributed by atoms with Crippen LogP contribution in [0.3, 0.4) is 0 Å². The molecule has 0 spiro atoms. The van der Waals surface area contributed by atoms with Gasteiger partial charge in [-0.2, -0.15) is 0 Å². The van der Waals surface area contributed by atoms with Gasteiger partial charge in [0.2, 0.25) is 5.89 Å². The molecule has 1 atom stereocenters. The molecule has 1 aliphatic carbocycles. The average Bonchev–Trinajstić information content (AvgIpc) is 2.88. The quantitative estimate of drug-likeness (QED) is 0.762. The fourth-order valence-electron chi connectivity index (χ4n) is 1.62. The fourth-order valence-corrected chi connectivity index (χ4v) is 1.78. The summed E-state index contributed by atoms with van der Waals surface area (Å²) in [7, 11) is 0. The molecule has 4 nitrogen and oxygen atoms in total. The smallest absolute Gasteiger partial charge is 0.315 e. The summed E-state index contributed by atoms with van der Waals surface area (Å²) in [6.45, 7) is 2.14. The molecular formula is C10H16ClN3O. The molecule has 15 heavy (non-hydrogen) atoms. The van der Waals surface area contributed by atoms with E-state index in [-0.39, 0.29) is 0 Å². The average molecular weight is 230 g/mol. The second-order valence-electron chi connectivity index (χ2n) is 4.16. The highest BCUT2D eigenvalue weighted by atomic mass is 35.5. The Balaban J connectivity index is 1.80. The molecule has 1 aliphatic rings. The van der Waals surface area contributed by atoms with Crippen LogP contribution in [0.15, 0.2) is 4.42 Å². The summed E-state index contributed by atoms with van der Waals surface area (Å²) in [5, 5.41) is 11.0. The van der Waals surface area contributed by atoms with Crippen molar-refractivity contribution in [3.05, 3.63) is 5.89 Å². The van der Waals surface area contributed by atoms with Crippen LogP contribution in [-0.4, -0.2) is 22.1 Å². The Labute approximate surface area is 94.4 Å². The van der Waals surface area contributed by atoms with Gasteiger partial charge in [-0.1, -0.05) is 17.9 Å². The first-order valence-corrected chi connectivity index (χ1v) is 5.96. The Kier molecular flexibility index (Phi) is 3.46. The van der Waals surface area contributed by atoms with Gasteiger partial charge in [0.25, 0.3) is 0 Å². The van der Waals surface area contributed by atoms with Gasteiger partial charge >= 0.3 is 6.01 Å². The van der Waals surface area contributed by atoms with Crippen LogP contribution in [0.1, 0.15) is 32.1 Å². The summed E-state index contributed by atoms with van der Waals surface area (Å²) in [6.07, 6.45) is 4.56. The summed E-state index contributed by atoms with van der Waals surface area (Å²) in [5.74, 6) is 2.02. The summed E-state index contributed by atoms with van der Waals surface area (Å²) < 4.78 is 5.38. The Bertz CT molecular complexity index is 311. The van der Waals surface area contributed by atoms with Crippen LogP contribution in [-0.2, 0) is 6.42 Å². The predicted molar refractivity (Wildman–Crippen MR) is 59.1 cm³/mol. The van der Waals surface area contributed by atoms with Crippen molar-refractivity contribution in [2.24, 2.45) is 5.92 Å². The van der Waals surface area contributed by atoms with Crippen molar-refractivity contribution in [3.63, 3.8) is 0 Å². The van der Waals surface area contributed by atoms with Gasteiger partial charge < -0.3 is 9.73 Å². The monoisotopic (exact) mass is 229 g/mol. The molecule has 2 rings (SSSR count). The third-order valence-electron chi connectivity index (χ3n) is 2.53. The van der Waals surface area contributed by atoms with Gasteiger partial charge in [-0.15, -0.1) is 16.7 Å². The molecule has 1 unspecified atom stereocenters. The molecule has 84 valence electrons. The first-order valence-electron chi connectivity index (χ1n) is 5.43. The number of aromatic nitrogens is 2. The Hall–Kier alpha value is -0.770. The number of alkyl halides is 1. The van der Waals surface area contributed by atoms with Crippen molar-refractivity contribution in [1.82, 2.24) is 10.2 Å². The number of nitrogens with one attached hydrogen (secondary N) is 1. The van der Waals surface area contributed by atoms with Gasteiger partial charge in [-0.25, -0.2) is 0 Å². The maximum absolute atomic E-state index is 5.58. The van der Waals surface area contributed by atoms with Crippen LogP contribution in [0.5, 0.6) is 0 Å². The maximum Gasteiger partial charge on any atom is 0.315 e.